The average molecular weight is 477 g/mol. The van der Waals surface area contributed by atoms with Gasteiger partial charge in [0.15, 0.2) is 0 Å². The molecule has 2 aromatic rings. The average Bonchev–Trinajstić information content (AvgIpc) is 2.81. The minimum atomic E-state index is -3.76. The van der Waals surface area contributed by atoms with Crippen LogP contribution in [0.3, 0.4) is 0 Å². The van der Waals surface area contributed by atoms with E-state index >= 15 is 0 Å². The van der Waals surface area contributed by atoms with Crippen molar-refractivity contribution < 1.29 is 13.3 Å². The molecule has 0 saturated heterocycles. The Morgan fingerprint density at radius 2 is 1.79 bits per heavy atom. The third-order valence-corrected chi connectivity index (χ3v) is 7.43. The Labute approximate surface area is 203 Å². The summed E-state index contributed by atoms with van der Waals surface area (Å²) in [6.07, 6.45) is 13.3. The zero-order chi connectivity index (χ0) is 24.3. The van der Waals surface area contributed by atoms with E-state index in [-0.39, 0.29) is 17.5 Å². The van der Waals surface area contributed by atoms with Gasteiger partial charge in [0.2, 0.25) is 10.0 Å². The maximum Gasteiger partial charge on any atom is 0.241 e. The van der Waals surface area contributed by atoms with Gasteiger partial charge in [-0.25, -0.2) is 18.2 Å². The van der Waals surface area contributed by atoms with E-state index in [9.17, 15) is 8.42 Å². The number of hydroxylamine groups is 2. The Morgan fingerprint density at radius 3 is 2.50 bits per heavy atom. The molecule has 1 atom stereocenters. The standard InChI is InChI=1S/C28H32N2O3S/c1-5-24-17-16-23-13-9-10-14-26(23)30(24)33-20-21-15-18-25(22-11-7-6-8-12-22)27(19-21)34(31,32)29-28(2,3)4/h6-19,26,29H,5,20H2,1-4H3. The monoisotopic (exact) mass is 476 g/mol. The Balaban J connectivity index is 1.66. The molecule has 0 aromatic heterocycles. The van der Waals surface area contributed by atoms with Gasteiger partial charge in [0, 0.05) is 16.8 Å². The third kappa shape index (κ3) is 5.41. The molecule has 0 fully saturated rings. The molecule has 0 bridgehead atoms. The highest BCUT2D eigenvalue weighted by molar-refractivity contribution is 7.89. The molecule has 34 heavy (non-hydrogen) atoms. The van der Waals surface area contributed by atoms with Crippen LogP contribution in [-0.2, 0) is 21.5 Å². The van der Waals surface area contributed by atoms with Crippen molar-refractivity contribution in [3.05, 3.63) is 102 Å². The predicted octanol–water partition coefficient (Wildman–Crippen LogP) is 5.89. The molecule has 0 radical (unpaired) electrons. The predicted molar refractivity (Wildman–Crippen MR) is 137 cm³/mol. The van der Waals surface area contributed by atoms with Gasteiger partial charge in [0.05, 0.1) is 17.5 Å². The van der Waals surface area contributed by atoms with E-state index < -0.39 is 15.6 Å². The molecule has 1 aliphatic heterocycles. The van der Waals surface area contributed by atoms with E-state index in [1.807, 2.05) is 80.5 Å². The van der Waals surface area contributed by atoms with Crippen LogP contribution in [0.4, 0.5) is 0 Å². The first-order chi connectivity index (χ1) is 16.2. The molecule has 0 spiro atoms. The summed E-state index contributed by atoms with van der Waals surface area (Å²) in [5, 5.41) is 1.93. The third-order valence-electron chi connectivity index (χ3n) is 5.63. The molecule has 2 aliphatic rings. The second kappa shape index (κ2) is 9.74. The second-order valence-corrected chi connectivity index (χ2v) is 11.2. The minimum absolute atomic E-state index is 0.0132. The number of allylic oxidation sites excluding steroid dienone is 5. The van der Waals surface area contributed by atoms with Gasteiger partial charge in [-0.1, -0.05) is 79.8 Å². The molecular formula is C28H32N2O3S. The van der Waals surface area contributed by atoms with Gasteiger partial charge in [-0.3, -0.25) is 4.84 Å². The zero-order valence-electron chi connectivity index (χ0n) is 20.2. The van der Waals surface area contributed by atoms with Crippen molar-refractivity contribution >= 4 is 10.0 Å². The number of rotatable bonds is 7. The number of nitrogens with one attached hydrogen (secondary N) is 1. The highest BCUT2D eigenvalue weighted by Gasteiger charge is 2.27. The number of hydrogen-bond acceptors (Lipinski definition) is 4. The largest absolute Gasteiger partial charge is 0.268 e. The Bertz CT molecular complexity index is 1270. The van der Waals surface area contributed by atoms with Crippen molar-refractivity contribution in [2.45, 2.75) is 57.2 Å². The summed E-state index contributed by atoms with van der Waals surface area (Å²) in [4.78, 5) is 6.53. The summed E-state index contributed by atoms with van der Waals surface area (Å²) in [7, 11) is -3.76. The van der Waals surface area contributed by atoms with Crippen LogP contribution in [0.25, 0.3) is 11.1 Å². The van der Waals surface area contributed by atoms with E-state index in [1.165, 1.54) is 0 Å². The molecule has 1 aliphatic carbocycles. The van der Waals surface area contributed by atoms with Gasteiger partial charge in [-0.15, -0.1) is 0 Å². The first-order valence-corrected chi connectivity index (χ1v) is 13.1. The molecule has 2 aromatic carbocycles. The smallest absolute Gasteiger partial charge is 0.241 e. The van der Waals surface area contributed by atoms with Crippen molar-refractivity contribution in [2.24, 2.45) is 0 Å². The van der Waals surface area contributed by atoms with Gasteiger partial charge in [0.1, 0.15) is 0 Å². The van der Waals surface area contributed by atoms with Gasteiger partial charge >= 0.3 is 0 Å². The lowest BCUT2D eigenvalue weighted by molar-refractivity contribution is -0.155. The van der Waals surface area contributed by atoms with Gasteiger partial charge in [0.25, 0.3) is 0 Å². The van der Waals surface area contributed by atoms with Crippen LogP contribution in [-0.4, -0.2) is 25.1 Å². The number of hydrogen-bond donors (Lipinski definition) is 1. The topological polar surface area (TPSA) is 58.6 Å². The minimum Gasteiger partial charge on any atom is -0.268 e. The SMILES string of the molecule is CCC1=CC=C2C=CC=CC2N1OCc1ccc(-c2ccccc2)c(S(=O)(=O)NC(C)(C)C)c1. The molecule has 178 valence electrons. The van der Waals surface area contributed by atoms with E-state index in [4.69, 9.17) is 4.84 Å². The van der Waals surface area contributed by atoms with Gasteiger partial charge in [-0.2, -0.15) is 0 Å². The Morgan fingerprint density at radius 1 is 1.03 bits per heavy atom. The zero-order valence-corrected chi connectivity index (χ0v) is 21.0. The lowest BCUT2D eigenvalue weighted by Crippen LogP contribution is -2.40. The fourth-order valence-electron chi connectivity index (χ4n) is 4.13. The fourth-order valence-corrected chi connectivity index (χ4v) is 5.83. The summed E-state index contributed by atoms with van der Waals surface area (Å²) in [5.74, 6) is 0. The van der Waals surface area contributed by atoms with Crippen molar-refractivity contribution in [2.75, 3.05) is 0 Å². The summed E-state index contributed by atoms with van der Waals surface area (Å²) in [6, 6.07) is 15.1. The van der Waals surface area contributed by atoms with Crippen LogP contribution in [0.2, 0.25) is 0 Å². The lowest BCUT2D eigenvalue weighted by Gasteiger charge is -2.36. The van der Waals surface area contributed by atoms with Crippen LogP contribution in [0, 0.1) is 0 Å². The number of fused-ring (bicyclic) bond motifs is 1. The van der Waals surface area contributed by atoms with Crippen molar-refractivity contribution in [3.63, 3.8) is 0 Å². The van der Waals surface area contributed by atoms with E-state index in [2.05, 4.69) is 35.9 Å². The van der Waals surface area contributed by atoms with Crippen LogP contribution in [0.1, 0.15) is 39.7 Å². The fraction of sp³-hybridized carbons (Fsp3) is 0.286. The molecule has 0 amide bonds. The maximum atomic E-state index is 13.4. The molecule has 6 heteroatoms. The number of benzene rings is 2. The van der Waals surface area contributed by atoms with Crippen molar-refractivity contribution in [3.8, 4) is 11.1 Å². The second-order valence-electron chi connectivity index (χ2n) is 9.52. The number of nitrogens with zero attached hydrogens (tertiary/aromatic N) is 1. The van der Waals surface area contributed by atoms with Gasteiger partial charge < -0.3 is 0 Å². The van der Waals surface area contributed by atoms with Crippen molar-refractivity contribution in [1.82, 2.24) is 9.79 Å². The normalized spacial score (nSPS) is 17.9. The molecular weight excluding hydrogens is 444 g/mol. The molecule has 0 saturated carbocycles. The lowest BCUT2D eigenvalue weighted by atomic mass is 9.97. The quantitative estimate of drug-likeness (QED) is 0.541. The van der Waals surface area contributed by atoms with E-state index in [0.717, 1.165) is 28.8 Å². The van der Waals surface area contributed by atoms with E-state index in [0.29, 0.717) is 5.56 Å². The highest BCUT2D eigenvalue weighted by atomic mass is 32.2. The first-order valence-electron chi connectivity index (χ1n) is 11.6. The van der Waals surface area contributed by atoms with Crippen LogP contribution >= 0.6 is 0 Å². The summed E-state index contributed by atoms with van der Waals surface area (Å²) >= 11 is 0. The molecule has 1 heterocycles. The van der Waals surface area contributed by atoms with Crippen LogP contribution in [0.5, 0.6) is 0 Å². The Hall–Kier alpha value is -2.93. The van der Waals surface area contributed by atoms with Crippen LogP contribution in [0.15, 0.2) is 101 Å². The van der Waals surface area contributed by atoms with Crippen molar-refractivity contribution in [1.29, 1.82) is 0 Å². The molecule has 1 N–H and O–H groups in total. The van der Waals surface area contributed by atoms with Crippen LogP contribution < -0.4 is 4.72 Å². The van der Waals surface area contributed by atoms with E-state index in [1.54, 1.807) is 6.07 Å². The Kier molecular flexibility index (Phi) is 6.94. The molecule has 1 unspecified atom stereocenters. The summed E-state index contributed by atoms with van der Waals surface area (Å²) < 4.78 is 29.6. The molecule has 4 rings (SSSR count). The number of sulfonamides is 1. The van der Waals surface area contributed by atoms with Gasteiger partial charge in [-0.05, 0) is 56.0 Å². The molecule has 5 nitrogen and oxygen atoms in total. The summed E-state index contributed by atoms with van der Waals surface area (Å²) in [5.41, 5.74) is 3.95. The maximum absolute atomic E-state index is 13.4. The first kappa shape index (κ1) is 24.2. The summed E-state index contributed by atoms with van der Waals surface area (Å²) in [6.45, 7) is 7.87. The highest BCUT2D eigenvalue weighted by Crippen LogP contribution is 2.31.